The molecule has 1 aromatic carbocycles. The number of hydrogen-bond acceptors (Lipinski definition) is 3. The zero-order valence-electron chi connectivity index (χ0n) is 11.6. The van der Waals surface area contributed by atoms with Gasteiger partial charge in [0, 0.05) is 23.1 Å². The SMILES string of the molecule is CC(C)COC(=O)NCCNC(=O)c1cccc(Br)c1. The lowest BCUT2D eigenvalue weighted by atomic mass is 10.2. The zero-order valence-corrected chi connectivity index (χ0v) is 13.2. The molecule has 20 heavy (non-hydrogen) atoms. The van der Waals surface area contributed by atoms with Crippen molar-refractivity contribution < 1.29 is 14.3 Å². The second kappa shape index (κ2) is 8.58. The van der Waals surface area contributed by atoms with E-state index in [1.165, 1.54) is 0 Å². The maximum Gasteiger partial charge on any atom is 0.407 e. The number of ether oxygens (including phenoxy) is 1. The molecule has 6 heteroatoms. The zero-order chi connectivity index (χ0) is 15.0. The molecule has 0 saturated carbocycles. The van der Waals surface area contributed by atoms with Gasteiger partial charge in [-0.05, 0) is 24.1 Å². The molecule has 0 radical (unpaired) electrons. The third-order valence-electron chi connectivity index (χ3n) is 2.31. The van der Waals surface area contributed by atoms with Crippen LogP contribution in [-0.4, -0.2) is 31.7 Å². The van der Waals surface area contributed by atoms with Crippen LogP contribution >= 0.6 is 15.9 Å². The highest BCUT2D eigenvalue weighted by molar-refractivity contribution is 9.10. The molecule has 0 aliphatic carbocycles. The van der Waals surface area contributed by atoms with Crippen molar-refractivity contribution >= 4 is 27.9 Å². The Kier molecular flexibility index (Phi) is 7.08. The minimum absolute atomic E-state index is 0.177. The fraction of sp³-hybridized carbons (Fsp3) is 0.429. The Morgan fingerprint density at radius 3 is 2.60 bits per heavy atom. The van der Waals surface area contributed by atoms with Crippen LogP contribution in [0.25, 0.3) is 0 Å². The summed E-state index contributed by atoms with van der Waals surface area (Å²) in [6, 6.07) is 7.10. The van der Waals surface area contributed by atoms with Crippen LogP contribution in [0.2, 0.25) is 0 Å². The number of halogens is 1. The third-order valence-corrected chi connectivity index (χ3v) is 2.81. The van der Waals surface area contributed by atoms with E-state index in [0.717, 1.165) is 4.47 Å². The molecule has 0 aliphatic heterocycles. The van der Waals surface area contributed by atoms with Crippen molar-refractivity contribution in [3.8, 4) is 0 Å². The number of carbonyl (C=O) groups excluding carboxylic acids is 2. The van der Waals surface area contributed by atoms with Gasteiger partial charge in [-0.2, -0.15) is 0 Å². The first-order valence-corrected chi connectivity index (χ1v) is 7.22. The first-order valence-electron chi connectivity index (χ1n) is 6.43. The molecule has 1 rings (SSSR count). The fourth-order valence-electron chi connectivity index (χ4n) is 1.37. The van der Waals surface area contributed by atoms with Gasteiger partial charge >= 0.3 is 6.09 Å². The lowest BCUT2D eigenvalue weighted by molar-refractivity contribution is 0.0951. The van der Waals surface area contributed by atoms with Crippen LogP contribution in [0.3, 0.4) is 0 Å². The van der Waals surface area contributed by atoms with E-state index in [1.54, 1.807) is 18.2 Å². The van der Waals surface area contributed by atoms with Crippen molar-refractivity contribution in [2.75, 3.05) is 19.7 Å². The molecular weight excluding hydrogens is 324 g/mol. The number of carbonyl (C=O) groups is 2. The molecule has 0 saturated heterocycles. The predicted molar refractivity (Wildman–Crippen MR) is 80.7 cm³/mol. The molecular formula is C14H19BrN2O3. The van der Waals surface area contributed by atoms with E-state index < -0.39 is 6.09 Å². The Bertz CT molecular complexity index is 463. The summed E-state index contributed by atoms with van der Waals surface area (Å²) in [4.78, 5) is 23.0. The van der Waals surface area contributed by atoms with E-state index >= 15 is 0 Å². The van der Waals surface area contributed by atoms with Crippen molar-refractivity contribution in [3.63, 3.8) is 0 Å². The summed E-state index contributed by atoms with van der Waals surface area (Å²) in [5, 5.41) is 5.29. The highest BCUT2D eigenvalue weighted by Crippen LogP contribution is 2.11. The fourth-order valence-corrected chi connectivity index (χ4v) is 1.76. The third kappa shape index (κ3) is 6.56. The number of benzene rings is 1. The average Bonchev–Trinajstić information content (AvgIpc) is 2.41. The Labute approximate surface area is 127 Å². The summed E-state index contributed by atoms with van der Waals surface area (Å²) in [6.45, 7) is 4.99. The van der Waals surface area contributed by atoms with E-state index in [4.69, 9.17) is 4.74 Å². The second-order valence-electron chi connectivity index (χ2n) is 4.69. The van der Waals surface area contributed by atoms with Gasteiger partial charge in [0.25, 0.3) is 5.91 Å². The Hall–Kier alpha value is -1.56. The van der Waals surface area contributed by atoms with Gasteiger partial charge in [0.1, 0.15) is 0 Å². The molecule has 0 atom stereocenters. The van der Waals surface area contributed by atoms with Crippen molar-refractivity contribution in [3.05, 3.63) is 34.3 Å². The average molecular weight is 343 g/mol. The van der Waals surface area contributed by atoms with Crippen molar-refractivity contribution in [1.82, 2.24) is 10.6 Å². The smallest absolute Gasteiger partial charge is 0.407 e. The Balaban J connectivity index is 2.21. The Morgan fingerprint density at radius 1 is 1.25 bits per heavy atom. The molecule has 0 aromatic heterocycles. The maximum atomic E-state index is 11.8. The van der Waals surface area contributed by atoms with Crippen molar-refractivity contribution in [2.45, 2.75) is 13.8 Å². The molecule has 0 aliphatic rings. The van der Waals surface area contributed by atoms with Crippen LogP contribution in [-0.2, 0) is 4.74 Å². The van der Waals surface area contributed by atoms with Crippen molar-refractivity contribution in [2.24, 2.45) is 5.92 Å². The molecule has 0 bridgehead atoms. The highest BCUT2D eigenvalue weighted by atomic mass is 79.9. The van der Waals surface area contributed by atoms with E-state index in [1.807, 2.05) is 19.9 Å². The van der Waals surface area contributed by atoms with E-state index in [0.29, 0.717) is 31.2 Å². The Morgan fingerprint density at radius 2 is 1.95 bits per heavy atom. The van der Waals surface area contributed by atoms with Crippen LogP contribution in [0.5, 0.6) is 0 Å². The van der Waals surface area contributed by atoms with Gasteiger partial charge in [0.05, 0.1) is 6.61 Å². The van der Waals surface area contributed by atoms with Gasteiger partial charge in [-0.1, -0.05) is 35.8 Å². The van der Waals surface area contributed by atoms with Crippen LogP contribution in [0.15, 0.2) is 28.7 Å². The van der Waals surface area contributed by atoms with Crippen molar-refractivity contribution in [1.29, 1.82) is 0 Å². The molecule has 1 aromatic rings. The summed E-state index contributed by atoms with van der Waals surface area (Å²) in [6.07, 6.45) is -0.463. The topological polar surface area (TPSA) is 67.4 Å². The maximum absolute atomic E-state index is 11.8. The molecule has 0 spiro atoms. The van der Waals surface area contributed by atoms with Gasteiger partial charge in [-0.3, -0.25) is 4.79 Å². The van der Waals surface area contributed by atoms with Gasteiger partial charge < -0.3 is 15.4 Å². The lowest BCUT2D eigenvalue weighted by Crippen LogP contribution is -2.35. The van der Waals surface area contributed by atoms with Crippen LogP contribution in [0.1, 0.15) is 24.2 Å². The minimum atomic E-state index is -0.463. The number of amides is 2. The predicted octanol–water partition coefficient (Wildman–Crippen LogP) is 2.56. The second-order valence-corrected chi connectivity index (χ2v) is 5.60. The van der Waals surface area contributed by atoms with Crippen LogP contribution in [0.4, 0.5) is 4.79 Å². The molecule has 0 fully saturated rings. The summed E-state index contributed by atoms with van der Waals surface area (Å²) >= 11 is 3.31. The highest BCUT2D eigenvalue weighted by Gasteiger charge is 2.06. The molecule has 110 valence electrons. The van der Waals surface area contributed by atoms with E-state index in [9.17, 15) is 9.59 Å². The van der Waals surface area contributed by atoms with Gasteiger partial charge in [-0.15, -0.1) is 0 Å². The summed E-state index contributed by atoms with van der Waals surface area (Å²) < 4.78 is 5.79. The molecule has 5 nitrogen and oxygen atoms in total. The first kappa shape index (κ1) is 16.5. The summed E-state index contributed by atoms with van der Waals surface area (Å²) in [5.74, 6) is 0.126. The summed E-state index contributed by atoms with van der Waals surface area (Å²) in [7, 11) is 0. The van der Waals surface area contributed by atoms with Gasteiger partial charge in [0.2, 0.25) is 0 Å². The molecule has 2 amide bonds. The first-order chi connectivity index (χ1) is 9.49. The minimum Gasteiger partial charge on any atom is -0.449 e. The molecule has 2 N–H and O–H groups in total. The van der Waals surface area contributed by atoms with Crippen LogP contribution < -0.4 is 10.6 Å². The number of alkyl carbamates (subject to hydrolysis) is 1. The molecule has 0 unspecified atom stereocenters. The molecule has 0 heterocycles. The van der Waals surface area contributed by atoms with Gasteiger partial charge in [-0.25, -0.2) is 4.79 Å². The lowest BCUT2D eigenvalue weighted by Gasteiger charge is -2.09. The standard InChI is InChI=1S/C14H19BrN2O3/c1-10(2)9-20-14(19)17-7-6-16-13(18)11-4-3-5-12(15)8-11/h3-5,8,10H,6-7,9H2,1-2H3,(H,16,18)(H,17,19). The summed E-state index contributed by atoms with van der Waals surface area (Å²) in [5.41, 5.74) is 0.571. The van der Waals surface area contributed by atoms with E-state index in [-0.39, 0.29) is 5.91 Å². The number of rotatable bonds is 6. The number of nitrogens with one attached hydrogen (secondary N) is 2. The van der Waals surface area contributed by atoms with Crippen LogP contribution in [0, 0.1) is 5.92 Å². The quantitative estimate of drug-likeness (QED) is 0.780. The van der Waals surface area contributed by atoms with Gasteiger partial charge in [0.15, 0.2) is 0 Å². The largest absolute Gasteiger partial charge is 0.449 e. The monoisotopic (exact) mass is 342 g/mol. The number of hydrogen-bond donors (Lipinski definition) is 2. The normalized spacial score (nSPS) is 10.2. The van der Waals surface area contributed by atoms with E-state index in [2.05, 4.69) is 26.6 Å².